The van der Waals surface area contributed by atoms with Gasteiger partial charge >= 0.3 is 0 Å². The highest BCUT2D eigenvalue weighted by molar-refractivity contribution is 5.97. The van der Waals surface area contributed by atoms with Crippen LogP contribution in [-0.4, -0.2) is 37.1 Å². The van der Waals surface area contributed by atoms with E-state index in [2.05, 4.69) is 15.2 Å². The number of anilines is 1. The van der Waals surface area contributed by atoms with Gasteiger partial charge in [-0.1, -0.05) is 0 Å². The standard InChI is InChI=1S/C10H14N4O/c11-9(15)8-2-1-3-13-10(8)14-6-4-12-5-7-14/h1-3,12H,4-7H2,(H2,11,15). The molecule has 1 saturated heterocycles. The third-order valence-electron chi connectivity index (χ3n) is 2.47. The van der Waals surface area contributed by atoms with E-state index in [-0.39, 0.29) is 0 Å². The number of pyridine rings is 1. The first-order valence-corrected chi connectivity index (χ1v) is 4.99. The molecule has 0 spiro atoms. The fourth-order valence-electron chi connectivity index (χ4n) is 1.72. The molecule has 1 aliphatic heterocycles. The molecule has 1 aromatic heterocycles. The highest BCUT2D eigenvalue weighted by atomic mass is 16.1. The SMILES string of the molecule is NC(=O)c1cccnc1N1CCNCC1. The smallest absolute Gasteiger partial charge is 0.252 e. The average molecular weight is 206 g/mol. The molecule has 3 N–H and O–H groups in total. The summed E-state index contributed by atoms with van der Waals surface area (Å²) >= 11 is 0. The third kappa shape index (κ3) is 2.07. The van der Waals surface area contributed by atoms with Crippen molar-refractivity contribution in [2.24, 2.45) is 5.73 Å². The summed E-state index contributed by atoms with van der Waals surface area (Å²) in [6, 6.07) is 3.44. The molecule has 0 unspecified atom stereocenters. The summed E-state index contributed by atoms with van der Waals surface area (Å²) in [7, 11) is 0. The summed E-state index contributed by atoms with van der Waals surface area (Å²) in [4.78, 5) is 17.5. The van der Waals surface area contributed by atoms with Gasteiger partial charge in [-0.3, -0.25) is 4.79 Å². The van der Waals surface area contributed by atoms with Gasteiger partial charge in [0.2, 0.25) is 0 Å². The van der Waals surface area contributed by atoms with E-state index in [0.717, 1.165) is 26.2 Å². The number of carbonyl (C=O) groups excluding carboxylic acids is 1. The van der Waals surface area contributed by atoms with Crippen LogP contribution in [-0.2, 0) is 0 Å². The second-order valence-electron chi connectivity index (χ2n) is 3.48. The van der Waals surface area contributed by atoms with Gasteiger partial charge in [-0.2, -0.15) is 0 Å². The predicted octanol–water partition coefficient (Wildman–Crippen LogP) is -0.410. The zero-order valence-electron chi connectivity index (χ0n) is 8.44. The van der Waals surface area contributed by atoms with Gasteiger partial charge in [-0.15, -0.1) is 0 Å². The van der Waals surface area contributed by atoms with Gasteiger partial charge in [0.05, 0.1) is 5.56 Å². The van der Waals surface area contributed by atoms with Crippen LogP contribution >= 0.6 is 0 Å². The Kier molecular flexibility index (Phi) is 2.82. The fraction of sp³-hybridized carbons (Fsp3) is 0.400. The van der Waals surface area contributed by atoms with Crippen LogP contribution in [0.3, 0.4) is 0 Å². The first-order chi connectivity index (χ1) is 7.29. The van der Waals surface area contributed by atoms with E-state index in [1.165, 1.54) is 0 Å². The first kappa shape index (κ1) is 9.92. The number of nitrogens with two attached hydrogens (primary N) is 1. The van der Waals surface area contributed by atoms with Crippen molar-refractivity contribution in [3.05, 3.63) is 23.9 Å². The Morgan fingerprint density at radius 2 is 2.20 bits per heavy atom. The third-order valence-corrected chi connectivity index (χ3v) is 2.47. The van der Waals surface area contributed by atoms with E-state index in [0.29, 0.717) is 11.4 Å². The second-order valence-corrected chi connectivity index (χ2v) is 3.48. The molecular formula is C10H14N4O. The minimum Gasteiger partial charge on any atom is -0.365 e. The van der Waals surface area contributed by atoms with E-state index in [9.17, 15) is 4.79 Å². The van der Waals surface area contributed by atoms with Gasteiger partial charge in [0.15, 0.2) is 0 Å². The molecule has 0 aromatic carbocycles. The summed E-state index contributed by atoms with van der Waals surface area (Å²) in [5, 5.41) is 3.25. The van der Waals surface area contributed by atoms with Gasteiger partial charge in [-0.05, 0) is 12.1 Å². The maximum atomic E-state index is 11.2. The summed E-state index contributed by atoms with van der Waals surface area (Å²) < 4.78 is 0. The minimum atomic E-state index is -0.420. The van der Waals surface area contributed by atoms with Crippen LogP contribution in [0, 0.1) is 0 Å². The Bertz CT molecular complexity index is 360. The lowest BCUT2D eigenvalue weighted by Gasteiger charge is -2.29. The maximum Gasteiger partial charge on any atom is 0.252 e. The van der Waals surface area contributed by atoms with Crippen LogP contribution in [0.1, 0.15) is 10.4 Å². The number of nitrogens with zero attached hydrogens (tertiary/aromatic N) is 2. The maximum absolute atomic E-state index is 11.2. The minimum absolute atomic E-state index is 0.420. The zero-order chi connectivity index (χ0) is 10.7. The lowest BCUT2D eigenvalue weighted by Crippen LogP contribution is -2.44. The predicted molar refractivity (Wildman–Crippen MR) is 57.8 cm³/mol. The Hall–Kier alpha value is -1.62. The van der Waals surface area contributed by atoms with Crippen LogP contribution in [0.25, 0.3) is 0 Å². The van der Waals surface area contributed by atoms with Crippen LogP contribution in [0.4, 0.5) is 5.82 Å². The normalized spacial score (nSPS) is 16.4. The van der Waals surface area contributed by atoms with Crippen molar-refractivity contribution >= 4 is 11.7 Å². The molecule has 0 aliphatic carbocycles. The van der Waals surface area contributed by atoms with Gasteiger partial charge in [0.25, 0.3) is 5.91 Å². The summed E-state index contributed by atoms with van der Waals surface area (Å²) in [5.41, 5.74) is 5.80. The molecule has 0 atom stereocenters. The van der Waals surface area contributed by atoms with Crippen LogP contribution < -0.4 is 16.0 Å². The van der Waals surface area contributed by atoms with Crippen molar-refractivity contribution in [3.63, 3.8) is 0 Å². The Labute approximate surface area is 88.3 Å². The number of hydrogen-bond donors (Lipinski definition) is 2. The van der Waals surface area contributed by atoms with Gasteiger partial charge in [-0.25, -0.2) is 4.98 Å². The molecule has 5 heteroatoms. The van der Waals surface area contributed by atoms with Crippen molar-refractivity contribution in [2.75, 3.05) is 31.1 Å². The van der Waals surface area contributed by atoms with E-state index in [4.69, 9.17) is 5.73 Å². The fourth-order valence-corrected chi connectivity index (χ4v) is 1.72. The Morgan fingerprint density at radius 3 is 2.87 bits per heavy atom. The lowest BCUT2D eigenvalue weighted by atomic mass is 10.2. The molecule has 2 rings (SSSR count). The van der Waals surface area contributed by atoms with Crippen molar-refractivity contribution in [2.45, 2.75) is 0 Å². The Balaban J connectivity index is 2.29. The second kappa shape index (κ2) is 4.27. The van der Waals surface area contributed by atoms with E-state index in [1.807, 2.05) is 0 Å². The highest BCUT2D eigenvalue weighted by Crippen LogP contribution is 2.16. The van der Waals surface area contributed by atoms with Crippen LogP contribution in [0.15, 0.2) is 18.3 Å². The number of carbonyl (C=O) groups is 1. The molecule has 5 nitrogen and oxygen atoms in total. The van der Waals surface area contributed by atoms with E-state index >= 15 is 0 Å². The lowest BCUT2D eigenvalue weighted by molar-refractivity contribution is 0.100. The topological polar surface area (TPSA) is 71.2 Å². The molecule has 0 saturated carbocycles. The first-order valence-electron chi connectivity index (χ1n) is 4.99. The molecule has 1 aliphatic rings. The van der Waals surface area contributed by atoms with Crippen LogP contribution in [0.5, 0.6) is 0 Å². The molecule has 1 amide bonds. The molecule has 0 radical (unpaired) electrons. The molecular weight excluding hydrogens is 192 g/mol. The number of hydrogen-bond acceptors (Lipinski definition) is 4. The van der Waals surface area contributed by atoms with Gasteiger partial charge in [0.1, 0.15) is 5.82 Å². The largest absolute Gasteiger partial charge is 0.365 e. The summed E-state index contributed by atoms with van der Waals surface area (Å²) in [5.74, 6) is 0.281. The monoisotopic (exact) mass is 206 g/mol. The van der Waals surface area contributed by atoms with Gasteiger partial charge < -0.3 is 16.0 Å². The van der Waals surface area contributed by atoms with Crippen molar-refractivity contribution in [1.29, 1.82) is 0 Å². The van der Waals surface area contributed by atoms with Crippen molar-refractivity contribution in [1.82, 2.24) is 10.3 Å². The quantitative estimate of drug-likeness (QED) is 0.690. The molecule has 0 bridgehead atoms. The van der Waals surface area contributed by atoms with Gasteiger partial charge in [0, 0.05) is 32.4 Å². The molecule has 2 heterocycles. The number of nitrogens with one attached hydrogen (secondary N) is 1. The van der Waals surface area contributed by atoms with Crippen molar-refractivity contribution in [3.8, 4) is 0 Å². The highest BCUT2D eigenvalue weighted by Gasteiger charge is 2.17. The molecule has 15 heavy (non-hydrogen) atoms. The molecule has 1 fully saturated rings. The number of aromatic nitrogens is 1. The summed E-state index contributed by atoms with van der Waals surface area (Å²) in [6.07, 6.45) is 1.68. The van der Waals surface area contributed by atoms with E-state index in [1.54, 1.807) is 18.3 Å². The molecule has 80 valence electrons. The van der Waals surface area contributed by atoms with Crippen LogP contribution in [0.2, 0.25) is 0 Å². The zero-order valence-corrected chi connectivity index (χ0v) is 8.44. The Morgan fingerprint density at radius 1 is 1.47 bits per heavy atom. The average Bonchev–Trinajstić information content (AvgIpc) is 2.30. The number of piperazine rings is 1. The van der Waals surface area contributed by atoms with E-state index < -0.39 is 5.91 Å². The number of primary amides is 1. The number of rotatable bonds is 2. The molecule has 1 aromatic rings. The summed E-state index contributed by atoms with van der Waals surface area (Å²) in [6.45, 7) is 3.54. The number of amides is 1. The van der Waals surface area contributed by atoms with Crippen molar-refractivity contribution < 1.29 is 4.79 Å².